The number of pyridine rings is 1. The number of thiazole rings is 1. The third kappa shape index (κ3) is 4.10. The highest BCUT2D eigenvalue weighted by molar-refractivity contribution is 7.19. The van der Waals surface area contributed by atoms with Crippen molar-refractivity contribution < 1.29 is 23.4 Å². The molecule has 3 aromatic rings. The Bertz CT molecular complexity index is 1310. The molecule has 3 atom stereocenters. The molecule has 2 aliphatic heterocycles. The van der Waals surface area contributed by atoms with Crippen molar-refractivity contribution in [3.05, 3.63) is 52.9 Å². The predicted octanol–water partition coefficient (Wildman–Crippen LogP) is 2.96. The van der Waals surface area contributed by atoms with Crippen molar-refractivity contribution >= 4 is 27.8 Å². The third-order valence-corrected chi connectivity index (χ3v) is 8.10. The first-order valence-corrected chi connectivity index (χ1v) is 12.5. The number of aliphatic hydroxyl groups is 1. The summed E-state index contributed by atoms with van der Waals surface area (Å²) in [4.78, 5) is 24.0. The predicted molar refractivity (Wildman–Crippen MR) is 133 cm³/mol. The summed E-state index contributed by atoms with van der Waals surface area (Å²) in [7, 11) is 0. The van der Waals surface area contributed by atoms with Gasteiger partial charge in [0.25, 0.3) is 0 Å². The minimum absolute atomic E-state index is 0.00483. The van der Waals surface area contributed by atoms with Crippen LogP contribution in [0, 0.1) is 17.6 Å². The first-order chi connectivity index (χ1) is 17.1. The molecule has 36 heavy (non-hydrogen) atoms. The first kappa shape index (κ1) is 24.5. The fourth-order valence-corrected chi connectivity index (χ4v) is 5.75. The van der Waals surface area contributed by atoms with Gasteiger partial charge in [0.1, 0.15) is 27.3 Å². The number of hydrogen-bond acceptors (Lipinski definition) is 9. The van der Waals surface area contributed by atoms with Crippen molar-refractivity contribution in [2.75, 3.05) is 30.3 Å². The number of ether oxygens (including phenoxy) is 1. The number of anilines is 2. The van der Waals surface area contributed by atoms with Crippen molar-refractivity contribution in [1.82, 2.24) is 9.97 Å². The number of nitrogens with zero attached hydrogens (tertiary/aromatic N) is 3. The highest BCUT2D eigenvalue weighted by Gasteiger charge is 2.42. The molecule has 2 aromatic heterocycles. The fraction of sp³-hybridized carbons (Fsp3) is 0.400. The van der Waals surface area contributed by atoms with Crippen LogP contribution in [0.15, 0.2) is 24.4 Å². The Morgan fingerprint density at radius 2 is 2.06 bits per heavy atom. The van der Waals surface area contributed by atoms with Gasteiger partial charge in [0.15, 0.2) is 5.78 Å². The molecule has 5 rings (SSSR count). The van der Waals surface area contributed by atoms with E-state index in [1.54, 1.807) is 13.1 Å². The van der Waals surface area contributed by atoms with Crippen LogP contribution in [0.3, 0.4) is 0 Å². The summed E-state index contributed by atoms with van der Waals surface area (Å²) < 4.78 is 34.2. The zero-order valence-electron chi connectivity index (χ0n) is 19.9. The lowest BCUT2D eigenvalue weighted by Gasteiger charge is -2.47. The molecule has 0 amide bonds. The molecule has 1 fully saturated rings. The molecular formula is C25H27F2N5O3S. The number of ketones is 1. The summed E-state index contributed by atoms with van der Waals surface area (Å²) in [5.41, 5.74) is 13.4. The number of fused-ring (bicyclic) bond motifs is 1. The van der Waals surface area contributed by atoms with E-state index in [-0.39, 0.29) is 33.6 Å². The third-order valence-electron chi connectivity index (χ3n) is 7.20. The van der Waals surface area contributed by atoms with Gasteiger partial charge in [-0.25, -0.2) is 18.7 Å². The Hall–Kier alpha value is -3.15. The lowest BCUT2D eigenvalue weighted by atomic mass is 9.80. The van der Waals surface area contributed by atoms with Gasteiger partial charge in [0.05, 0.1) is 29.5 Å². The highest BCUT2D eigenvalue weighted by Crippen LogP contribution is 2.40. The number of nitrogen functional groups attached to an aromatic ring is 1. The van der Waals surface area contributed by atoms with Crippen LogP contribution in [0.2, 0.25) is 0 Å². The molecule has 0 aliphatic carbocycles. The van der Waals surface area contributed by atoms with Crippen molar-refractivity contribution in [3.8, 4) is 16.5 Å². The van der Waals surface area contributed by atoms with Gasteiger partial charge in [-0.05, 0) is 19.1 Å². The second-order valence-electron chi connectivity index (χ2n) is 9.58. The summed E-state index contributed by atoms with van der Waals surface area (Å²) >= 11 is 0.863. The van der Waals surface area contributed by atoms with E-state index in [2.05, 4.69) is 14.9 Å². The second-order valence-corrected chi connectivity index (χ2v) is 10.6. The Kier molecular flexibility index (Phi) is 6.17. The number of carbonyl (C=O) groups is 1. The number of hydrogen-bond donors (Lipinski definition) is 3. The molecule has 190 valence electrons. The maximum absolute atomic E-state index is 14.3. The average Bonchev–Trinajstić information content (AvgIpc) is 3.44. The lowest BCUT2D eigenvalue weighted by molar-refractivity contribution is -0.0258. The Morgan fingerprint density at radius 3 is 2.75 bits per heavy atom. The normalized spacial score (nSPS) is 23.4. The number of nitrogens with two attached hydrogens (primary N) is 2. The van der Waals surface area contributed by atoms with Crippen LogP contribution < -0.4 is 21.1 Å². The fourth-order valence-electron chi connectivity index (χ4n) is 4.85. The van der Waals surface area contributed by atoms with E-state index < -0.39 is 29.1 Å². The van der Waals surface area contributed by atoms with Crippen LogP contribution >= 0.6 is 11.3 Å². The molecule has 11 heteroatoms. The number of halogens is 2. The number of carbonyl (C=O) groups excluding carboxylic acids is 1. The molecule has 1 aromatic carbocycles. The summed E-state index contributed by atoms with van der Waals surface area (Å²) in [6, 6.07) is 3.02. The Morgan fingerprint density at radius 1 is 1.33 bits per heavy atom. The summed E-state index contributed by atoms with van der Waals surface area (Å²) in [6.07, 6.45) is 2.16. The van der Waals surface area contributed by atoms with E-state index >= 15 is 0 Å². The smallest absolute Gasteiger partial charge is 0.218 e. The molecule has 0 radical (unpaired) electrons. The van der Waals surface area contributed by atoms with Gasteiger partial charge in [-0.15, -0.1) is 0 Å². The van der Waals surface area contributed by atoms with Crippen LogP contribution in [0.5, 0.6) is 5.88 Å². The minimum Gasteiger partial charge on any atom is -0.477 e. The number of benzene rings is 1. The number of Topliss-reactive ketones (excluding diaryl/α,β-unsaturated/α-hetero) is 1. The SMILES string of the molecule is C[C@H]1CN(c2c(CC(=O)c3nc(-c4c(F)cccc4F)sc3N)cnc3c2CCO3)C[C@@H](N)[C@@]1(C)O. The van der Waals surface area contributed by atoms with E-state index in [1.165, 1.54) is 6.07 Å². The topological polar surface area (TPSA) is 128 Å². The average molecular weight is 516 g/mol. The summed E-state index contributed by atoms with van der Waals surface area (Å²) in [5.74, 6) is -1.55. The summed E-state index contributed by atoms with van der Waals surface area (Å²) in [5, 5.41) is 10.9. The van der Waals surface area contributed by atoms with Gasteiger partial charge < -0.3 is 26.2 Å². The first-order valence-electron chi connectivity index (χ1n) is 11.7. The largest absolute Gasteiger partial charge is 0.477 e. The molecule has 4 heterocycles. The van der Waals surface area contributed by atoms with Gasteiger partial charge in [0.2, 0.25) is 5.88 Å². The molecule has 0 saturated carbocycles. The van der Waals surface area contributed by atoms with Gasteiger partial charge in [-0.2, -0.15) is 0 Å². The molecule has 5 N–H and O–H groups in total. The standard InChI is InChI=1S/C25H27F2N5O3S/c1-12-10-32(11-18(28)25(12,2)34)21-13(9-30-23-14(21)6-7-35-23)8-17(33)20-22(29)36-24(31-20)19-15(26)4-3-5-16(19)27/h3-5,9,12,18,34H,6-8,10-11,28-29H2,1-2H3/t12-,18+,25-/m0/s1. The van der Waals surface area contributed by atoms with Crippen LogP contribution in [-0.4, -0.2) is 52.2 Å². The van der Waals surface area contributed by atoms with Gasteiger partial charge in [0, 0.05) is 49.2 Å². The van der Waals surface area contributed by atoms with Crippen molar-refractivity contribution in [3.63, 3.8) is 0 Å². The van der Waals surface area contributed by atoms with Crippen molar-refractivity contribution in [2.45, 2.75) is 38.3 Å². The molecule has 0 bridgehead atoms. The van der Waals surface area contributed by atoms with Crippen LogP contribution in [-0.2, 0) is 12.8 Å². The van der Waals surface area contributed by atoms with E-state index in [4.69, 9.17) is 16.2 Å². The quantitative estimate of drug-likeness (QED) is 0.443. The second kappa shape index (κ2) is 9.06. The Labute approximate surface area is 210 Å². The lowest BCUT2D eigenvalue weighted by Crippen LogP contribution is -2.63. The molecule has 1 saturated heterocycles. The number of rotatable bonds is 5. The zero-order chi connectivity index (χ0) is 25.8. The highest BCUT2D eigenvalue weighted by atomic mass is 32.1. The molecule has 2 aliphatic rings. The maximum Gasteiger partial charge on any atom is 0.218 e. The van der Waals surface area contributed by atoms with Gasteiger partial charge in [-0.1, -0.05) is 24.3 Å². The molecular weight excluding hydrogens is 488 g/mol. The number of aromatic nitrogens is 2. The van der Waals surface area contributed by atoms with E-state index in [0.29, 0.717) is 37.6 Å². The van der Waals surface area contributed by atoms with Crippen molar-refractivity contribution in [2.24, 2.45) is 11.7 Å². The van der Waals surface area contributed by atoms with Crippen LogP contribution in [0.4, 0.5) is 19.5 Å². The van der Waals surface area contributed by atoms with Crippen molar-refractivity contribution in [1.29, 1.82) is 0 Å². The minimum atomic E-state index is -1.02. The van der Waals surface area contributed by atoms with Gasteiger partial charge >= 0.3 is 0 Å². The monoisotopic (exact) mass is 515 g/mol. The zero-order valence-corrected chi connectivity index (χ0v) is 20.7. The molecule has 0 spiro atoms. The number of piperidine rings is 1. The van der Waals surface area contributed by atoms with E-state index in [0.717, 1.165) is 34.7 Å². The van der Waals surface area contributed by atoms with Crippen LogP contribution in [0.25, 0.3) is 10.6 Å². The van der Waals surface area contributed by atoms with E-state index in [1.807, 2.05) is 6.92 Å². The van der Waals surface area contributed by atoms with Gasteiger partial charge in [-0.3, -0.25) is 4.79 Å². The molecule has 0 unspecified atom stereocenters. The van der Waals surface area contributed by atoms with E-state index in [9.17, 15) is 18.7 Å². The van der Waals surface area contributed by atoms with Crippen LogP contribution in [0.1, 0.15) is 35.5 Å². The summed E-state index contributed by atoms with van der Waals surface area (Å²) in [6.45, 7) is 5.09. The Balaban J connectivity index is 1.49. The molecule has 8 nitrogen and oxygen atoms in total. The maximum atomic E-state index is 14.3.